The molecule has 1 aromatic heterocycles. The van der Waals surface area contributed by atoms with E-state index in [2.05, 4.69) is 4.98 Å². The minimum Gasteiger partial charge on any atom is -0.440 e. The summed E-state index contributed by atoms with van der Waals surface area (Å²) in [5, 5.41) is 9.34. The monoisotopic (exact) mass is 215 g/mol. The molecule has 0 saturated heterocycles. The lowest BCUT2D eigenvalue weighted by Crippen LogP contribution is -1.85. The van der Waals surface area contributed by atoms with Gasteiger partial charge in [0.25, 0.3) is 5.22 Å². The first-order valence-corrected chi connectivity index (χ1v) is 5.97. The van der Waals surface area contributed by atoms with Gasteiger partial charge in [0.15, 0.2) is 0 Å². The van der Waals surface area contributed by atoms with Gasteiger partial charge in [-0.2, -0.15) is 0 Å². The highest BCUT2D eigenvalue weighted by atomic mass is 32.2. The number of hydrogen-bond donors (Lipinski definition) is 1. The Morgan fingerprint density at radius 3 is 2.79 bits per heavy atom. The van der Waals surface area contributed by atoms with Crippen LogP contribution in [0.4, 0.5) is 0 Å². The predicted octanol–water partition coefficient (Wildman–Crippen LogP) is 2.63. The van der Waals surface area contributed by atoms with Gasteiger partial charge >= 0.3 is 0 Å². The molecule has 1 aromatic rings. The van der Waals surface area contributed by atoms with E-state index in [1.165, 1.54) is 6.42 Å². The van der Waals surface area contributed by atoms with Crippen molar-refractivity contribution in [3.8, 4) is 0 Å². The molecule has 14 heavy (non-hydrogen) atoms. The summed E-state index contributed by atoms with van der Waals surface area (Å²) in [6, 6.07) is 0. The number of unbranched alkanes of at least 4 members (excludes halogenated alkanes) is 3. The molecule has 0 aliphatic carbocycles. The molecule has 0 aliphatic rings. The third-order valence-corrected chi connectivity index (χ3v) is 2.80. The van der Waals surface area contributed by atoms with E-state index in [0.717, 1.165) is 35.9 Å². The van der Waals surface area contributed by atoms with E-state index in [9.17, 15) is 0 Å². The Bertz CT molecular complexity index is 250. The van der Waals surface area contributed by atoms with Crippen LogP contribution in [0, 0.1) is 6.92 Å². The van der Waals surface area contributed by atoms with Crippen molar-refractivity contribution in [1.82, 2.24) is 4.98 Å². The SMILES string of the molecule is Cc1coc(SCCCCCCO)n1. The first-order valence-electron chi connectivity index (χ1n) is 4.98. The quantitative estimate of drug-likeness (QED) is 0.561. The molecule has 0 aromatic carbocycles. The highest BCUT2D eigenvalue weighted by Gasteiger charge is 2.00. The highest BCUT2D eigenvalue weighted by Crippen LogP contribution is 2.18. The van der Waals surface area contributed by atoms with Crippen molar-refractivity contribution >= 4 is 11.8 Å². The van der Waals surface area contributed by atoms with E-state index < -0.39 is 0 Å². The van der Waals surface area contributed by atoms with Gasteiger partial charge in [0, 0.05) is 12.4 Å². The summed E-state index contributed by atoms with van der Waals surface area (Å²) in [5.41, 5.74) is 0.938. The van der Waals surface area contributed by atoms with Crippen LogP contribution >= 0.6 is 11.8 Å². The number of aliphatic hydroxyl groups excluding tert-OH is 1. The molecule has 0 unspecified atom stereocenters. The number of aliphatic hydroxyl groups is 1. The largest absolute Gasteiger partial charge is 0.440 e. The van der Waals surface area contributed by atoms with Crippen LogP contribution in [0.2, 0.25) is 0 Å². The van der Waals surface area contributed by atoms with E-state index in [0.29, 0.717) is 6.61 Å². The van der Waals surface area contributed by atoms with Crippen molar-refractivity contribution in [2.24, 2.45) is 0 Å². The molecule has 0 spiro atoms. The zero-order valence-electron chi connectivity index (χ0n) is 8.53. The molecule has 0 fully saturated rings. The molecule has 4 heteroatoms. The minimum atomic E-state index is 0.312. The van der Waals surface area contributed by atoms with Crippen LogP contribution in [-0.4, -0.2) is 22.5 Å². The fraction of sp³-hybridized carbons (Fsp3) is 0.700. The van der Waals surface area contributed by atoms with Gasteiger partial charge in [-0.1, -0.05) is 24.6 Å². The Balaban J connectivity index is 1.99. The lowest BCUT2D eigenvalue weighted by atomic mass is 10.2. The molecule has 80 valence electrons. The van der Waals surface area contributed by atoms with E-state index >= 15 is 0 Å². The molecule has 0 amide bonds. The summed E-state index contributed by atoms with van der Waals surface area (Å²) in [5.74, 6) is 1.05. The Labute approximate surface area is 88.9 Å². The van der Waals surface area contributed by atoms with Crippen molar-refractivity contribution in [1.29, 1.82) is 0 Å². The Kier molecular flexibility index (Phi) is 5.71. The van der Waals surface area contributed by atoms with Gasteiger partial charge < -0.3 is 9.52 Å². The smallest absolute Gasteiger partial charge is 0.255 e. The highest BCUT2D eigenvalue weighted by molar-refractivity contribution is 7.99. The fourth-order valence-corrected chi connectivity index (χ4v) is 1.97. The van der Waals surface area contributed by atoms with Crippen molar-refractivity contribution < 1.29 is 9.52 Å². The van der Waals surface area contributed by atoms with Gasteiger partial charge in [0.2, 0.25) is 0 Å². The van der Waals surface area contributed by atoms with Crippen LogP contribution in [-0.2, 0) is 0 Å². The summed E-state index contributed by atoms with van der Waals surface area (Å²) in [6.07, 6.45) is 6.04. The second kappa shape index (κ2) is 6.90. The molecule has 1 rings (SSSR count). The summed E-state index contributed by atoms with van der Waals surface area (Å²) < 4.78 is 5.20. The molecule has 1 N–H and O–H groups in total. The molecular weight excluding hydrogens is 198 g/mol. The maximum atomic E-state index is 8.57. The van der Waals surface area contributed by atoms with Crippen LogP contribution < -0.4 is 0 Å². The Morgan fingerprint density at radius 2 is 2.14 bits per heavy atom. The van der Waals surface area contributed by atoms with Gasteiger partial charge in [-0.05, 0) is 19.8 Å². The second-order valence-electron chi connectivity index (χ2n) is 3.24. The average Bonchev–Trinajstić information content (AvgIpc) is 2.58. The van der Waals surface area contributed by atoms with Gasteiger partial charge in [-0.15, -0.1) is 0 Å². The molecule has 0 aliphatic heterocycles. The normalized spacial score (nSPS) is 10.7. The summed E-state index contributed by atoms with van der Waals surface area (Å²) >= 11 is 1.66. The number of nitrogens with zero attached hydrogens (tertiary/aromatic N) is 1. The summed E-state index contributed by atoms with van der Waals surface area (Å²) in [6.45, 7) is 2.24. The van der Waals surface area contributed by atoms with Gasteiger partial charge in [0.1, 0.15) is 6.26 Å². The van der Waals surface area contributed by atoms with Crippen LogP contribution in [0.3, 0.4) is 0 Å². The van der Waals surface area contributed by atoms with Crippen molar-refractivity contribution in [3.63, 3.8) is 0 Å². The van der Waals surface area contributed by atoms with Gasteiger partial charge in [0.05, 0.1) is 5.69 Å². The number of hydrogen-bond acceptors (Lipinski definition) is 4. The number of rotatable bonds is 7. The van der Waals surface area contributed by atoms with Gasteiger partial charge in [-0.25, -0.2) is 4.98 Å². The van der Waals surface area contributed by atoms with E-state index in [1.54, 1.807) is 18.0 Å². The number of oxazole rings is 1. The fourth-order valence-electron chi connectivity index (χ4n) is 1.13. The molecular formula is C10H17NO2S. The van der Waals surface area contributed by atoms with Crippen molar-refractivity contribution in [3.05, 3.63) is 12.0 Å². The number of aromatic nitrogens is 1. The van der Waals surface area contributed by atoms with Crippen LogP contribution in [0.1, 0.15) is 31.4 Å². The van der Waals surface area contributed by atoms with Crippen LogP contribution in [0.25, 0.3) is 0 Å². The van der Waals surface area contributed by atoms with Crippen LogP contribution in [0.5, 0.6) is 0 Å². The zero-order chi connectivity index (χ0) is 10.2. The Hall–Kier alpha value is -0.480. The third-order valence-electron chi connectivity index (χ3n) is 1.88. The summed E-state index contributed by atoms with van der Waals surface area (Å²) in [4.78, 5) is 4.20. The maximum Gasteiger partial charge on any atom is 0.255 e. The molecule has 3 nitrogen and oxygen atoms in total. The first-order chi connectivity index (χ1) is 6.83. The van der Waals surface area contributed by atoms with E-state index in [-0.39, 0.29) is 0 Å². The van der Waals surface area contributed by atoms with Crippen molar-refractivity contribution in [2.75, 3.05) is 12.4 Å². The molecule has 0 atom stereocenters. The second-order valence-corrected chi connectivity index (χ2v) is 4.29. The van der Waals surface area contributed by atoms with E-state index in [1.807, 2.05) is 6.92 Å². The number of thioether (sulfide) groups is 1. The maximum absolute atomic E-state index is 8.57. The van der Waals surface area contributed by atoms with E-state index in [4.69, 9.17) is 9.52 Å². The zero-order valence-corrected chi connectivity index (χ0v) is 9.35. The molecule has 0 saturated carbocycles. The molecule has 1 heterocycles. The lowest BCUT2D eigenvalue weighted by molar-refractivity contribution is 0.283. The lowest BCUT2D eigenvalue weighted by Gasteiger charge is -1.97. The summed E-state index contributed by atoms with van der Waals surface area (Å²) in [7, 11) is 0. The van der Waals surface area contributed by atoms with Crippen LogP contribution in [0.15, 0.2) is 15.9 Å². The Morgan fingerprint density at radius 1 is 1.36 bits per heavy atom. The molecule has 0 radical (unpaired) electrons. The van der Waals surface area contributed by atoms with Crippen molar-refractivity contribution in [2.45, 2.75) is 37.8 Å². The number of aryl methyl sites for hydroxylation is 1. The van der Waals surface area contributed by atoms with Gasteiger partial charge in [-0.3, -0.25) is 0 Å². The average molecular weight is 215 g/mol. The standard InChI is InChI=1S/C10H17NO2S/c1-9-8-13-10(11-9)14-7-5-3-2-4-6-12/h8,12H,2-7H2,1H3. The molecule has 0 bridgehead atoms. The topological polar surface area (TPSA) is 46.3 Å². The minimum absolute atomic E-state index is 0.312. The predicted molar refractivity (Wildman–Crippen MR) is 57.5 cm³/mol. The first kappa shape index (κ1) is 11.6. The third kappa shape index (κ3) is 4.67.